The van der Waals surface area contributed by atoms with E-state index in [1.165, 1.54) is 5.56 Å². The monoisotopic (exact) mass is 327 g/mol. The summed E-state index contributed by atoms with van der Waals surface area (Å²) < 4.78 is 16.4. The number of amides is 1. The number of carbonyl (C=O) groups excluding carboxylic acids is 1. The zero-order valence-electron chi connectivity index (χ0n) is 13.7. The van der Waals surface area contributed by atoms with E-state index >= 15 is 0 Å². The predicted molar refractivity (Wildman–Crippen MR) is 90.7 cm³/mol. The summed E-state index contributed by atoms with van der Waals surface area (Å²) in [6, 6.07) is 15.3. The molecule has 1 heterocycles. The van der Waals surface area contributed by atoms with Gasteiger partial charge in [-0.3, -0.25) is 4.79 Å². The highest BCUT2D eigenvalue weighted by Crippen LogP contribution is 2.30. The topological polar surface area (TPSA) is 56.8 Å². The lowest BCUT2D eigenvalue weighted by Crippen LogP contribution is -2.44. The minimum Gasteiger partial charge on any atom is -0.497 e. The molecular weight excluding hydrogens is 306 g/mol. The van der Waals surface area contributed by atoms with Gasteiger partial charge in [-0.1, -0.05) is 24.3 Å². The average Bonchev–Trinajstić information content (AvgIpc) is 2.65. The second-order valence-electron chi connectivity index (χ2n) is 5.61. The van der Waals surface area contributed by atoms with Crippen molar-refractivity contribution in [1.29, 1.82) is 0 Å². The number of rotatable bonds is 6. The van der Waals surface area contributed by atoms with Crippen LogP contribution >= 0.6 is 0 Å². The highest BCUT2D eigenvalue weighted by molar-refractivity contribution is 5.81. The van der Waals surface area contributed by atoms with Crippen LogP contribution in [0.25, 0.3) is 0 Å². The number of para-hydroxylation sites is 2. The molecule has 0 saturated heterocycles. The molecule has 1 N–H and O–H groups in total. The van der Waals surface area contributed by atoms with Gasteiger partial charge in [0.2, 0.25) is 6.10 Å². The number of aryl methyl sites for hydroxylation is 1. The molecule has 5 heteroatoms. The molecule has 0 aliphatic carbocycles. The van der Waals surface area contributed by atoms with Crippen molar-refractivity contribution in [2.75, 3.05) is 20.3 Å². The minimum atomic E-state index is -0.596. The van der Waals surface area contributed by atoms with E-state index in [4.69, 9.17) is 14.2 Å². The maximum absolute atomic E-state index is 12.2. The second kappa shape index (κ2) is 7.73. The Labute approximate surface area is 141 Å². The first-order valence-corrected chi connectivity index (χ1v) is 8.05. The number of nitrogens with one attached hydrogen (secondary N) is 1. The first kappa shape index (κ1) is 16.2. The smallest absolute Gasteiger partial charge is 0.264 e. The zero-order chi connectivity index (χ0) is 16.8. The van der Waals surface area contributed by atoms with Crippen molar-refractivity contribution in [1.82, 2.24) is 5.32 Å². The maximum Gasteiger partial charge on any atom is 0.264 e. The third kappa shape index (κ3) is 3.98. The number of hydrogen-bond donors (Lipinski definition) is 1. The largest absolute Gasteiger partial charge is 0.497 e. The van der Waals surface area contributed by atoms with Crippen molar-refractivity contribution < 1.29 is 19.0 Å². The summed E-state index contributed by atoms with van der Waals surface area (Å²) in [6.07, 6.45) is 1.16. The van der Waals surface area contributed by atoms with Crippen molar-refractivity contribution in [2.45, 2.75) is 18.9 Å². The Morgan fingerprint density at radius 3 is 2.67 bits per heavy atom. The van der Waals surface area contributed by atoms with Crippen LogP contribution in [-0.4, -0.2) is 32.3 Å². The van der Waals surface area contributed by atoms with Gasteiger partial charge in [0.1, 0.15) is 12.4 Å². The molecule has 0 saturated carbocycles. The van der Waals surface area contributed by atoms with Gasteiger partial charge in [-0.25, -0.2) is 0 Å². The van der Waals surface area contributed by atoms with E-state index in [1.807, 2.05) is 42.5 Å². The van der Waals surface area contributed by atoms with E-state index in [2.05, 4.69) is 5.32 Å². The van der Waals surface area contributed by atoms with Gasteiger partial charge >= 0.3 is 0 Å². The Balaban J connectivity index is 1.41. The first-order chi connectivity index (χ1) is 11.8. The van der Waals surface area contributed by atoms with Crippen molar-refractivity contribution in [3.05, 3.63) is 54.1 Å². The van der Waals surface area contributed by atoms with E-state index in [-0.39, 0.29) is 12.5 Å². The summed E-state index contributed by atoms with van der Waals surface area (Å²) in [5.41, 5.74) is 1.22. The SMILES string of the molecule is COc1ccc(CCCNC(=O)C2COc3ccccc3O2)cc1. The van der Waals surface area contributed by atoms with Crippen LogP contribution in [0.1, 0.15) is 12.0 Å². The molecule has 2 aromatic rings. The molecule has 1 atom stereocenters. The molecule has 0 spiro atoms. The fraction of sp³-hybridized carbons (Fsp3) is 0.316. The van der Waals surface area contributed by atoms with E-state index in [0.717, 1.165) is 18.6 Å². The van der Waals surface area contributed by atoms with Crippen LogP contribution in [0.3, 0.4) is 0 Å². The average molecular weight is 327 g/mol. The van der Waals surface area contributed by atoms with Gasteiger partial charge < -0.3 is 19.5 Å². The van der Waals surface area contributed by atoms with Crippen molar-refractivity contribution in [2.24, 2.45) is 0 Å². The van der Waals surface area contributed by atoms with Gasteiger partial charge in [0.15, 0.2) is 11.5 Å². The van der Waals surface area contributed by atoms with Crippen LogP contribution in [0, 0.1) is 0 Å². The van der Waals surface area contributed by atoms with Crippen LogP contribution in [0.4, 0.5) is 0 Å². The molecule has 1 aliphatic heterocycles. The van der Waals surface area contributed by atoms with Crippen molar-refractivity contribution in [3.8, 4) is 17.2 Å². The van der Waals surface area contributed by atoms with Crippen LogP contribution in [0.2, 0.25) is 0 Å². The molecule has 1 unspecified atom stereocenters. The number of carbonyl (C=O) groups is 1. The van der Waals surface area contributed by atoms with E-state index in [9.17, 15) is 4.79 Å². The Bertz CT molecular complexity index is 684. The van der Waals surface area contributed by atoms with Crippen LogP contribution in [0.15, 0.2) is 48.5 Å². The quantitative estimate of drug-likeness (QED) is 0.829. The lowest BCUT2D eigenvalue weighted by atomic mass is 10.1. The van der Waals surface area contributed by atoms with E-state index < -0.39 is 6.10 Å². The normalized spacial score (nSPS) is 15.6. The molecule has 0 radical (unpaired) electrons. The lowest BCUT2D eigenvalue weighted by Gasteiger charge is -2.25. The number of fused-ring (bicyclic) bond motifs is 1. The molecule has 1 aliphatic rings. The predicted octanol–water partition coefficient (Wildman–Crippen LogP) is 2.58. The second-order valence-corrected chi connectivity index (χ2v) is 5.61. The lowest BCUT2D eigenvalue weighted by molar-refractivity contribution is -0.130. The summed E-state index contributed by atoms with van der Waals surface area (Å²) in [6.45, 7) is 0.841. The van der Waals surface area contributed by atoms with Crippen molar-refractivity contribution >= 4 is 5.91 Å². The summed E-state index contributed by atoms with van der Waals surface area (Å²) in [4.78, 5) is 12.2. The fourth-order valence-corrected chi connectivity index (χ4v) is 2.56. The summed E-state index contributed by atoms with van der Waals surface area (Å²) in [7, 11) is 1.65. The van der Waals surface area contributed by atoms with E-state index in [1.54, 1.807) is 13.2 Å². The Kier molecular flexibility index (Phi) is 5.21. The first-order valence-electron chi connectivity index (χ1n) is 8.05. The fourth-order valence-electron chi connectivity index (χ4n) is 2.56. The number of methoxy groups -OCH3 is 1. The molecule has 24 heavy (non-hydrogen) atoms. The van der Waals surface area contributed by atoms with Gasteiger partial charge in [-0.15, -0.1) is 0 Å². The van der Waals surface area contributed by atoms with Gasteiger partial charge in [-0.2, -0.15) is 0 Å². The molecule has 0 bridgehead atoms. The van der Waals surface area contributed by atoms with Gasteiger partial charge in [0, 0.05) is 6.54 Å². The highest BCUT2D eigenvalue weighted by atomic mass is 16.6. The van der Waals surface area contributed by atoms with Gasteiger partial charge in [0.25, 0.3) is 5.91 Å². The van der Waals surface area contributed by atoms with Gasteiger partial charge in [0.05, 0.1) is 7.11 Å². The Morgan fingerprint density at radius 1 is 1.17 bits per heavy atom. The minimum absolute atomic E-state index is 0.140. The summed E-state index contributed by atoms with van der Waals surface area (Å²) in [5.74, 6) is 2.00. The Morgan fingerprint density at radius 2 is 1.92 bits per heavy atom. The third-order valence-corrected chi connectivity index (χ3v) is 3.90. The third-order valence-electron chi connectivity index (χ3n) is 3.90. The molecule has 0 aromatic heterocycles. The summed E-state index contributed by atoms with van der Waals surface area (Å²) in [5, 5.41) is 2.91. The molecule has 1 amide bonds. The molecule has 126 valence electrons. The van der Waals surface area contributed by atoms with Crippen molar-refractivity contribution in [3.63, 3.8) is 0 Å². The van der Waals surface area contributed by atoms with Crippen LogP contribution < -0.4 is 19.5 Å². The molecule has 3 rings (SSSR count). The molecule has 5 nitrogen and oxygen atoms in total. The number of benzene rings is 2. The molecule has 0 fully saturated rings. The maximum atomic E-state index is 12.2. The number of ether oxygens (including phenoxy) is 3. The Hall–Kier alpha value is -2.69. The van der Waals surface area contributed by atoms with E-state index in [0.29, 0.717) is 18.0 Å². The van der Waals surface area contributed by atoms with Crippen LogP contribution in [0.5, 0.6) is 17.2 Å². The summed E-state index contributed by atoms with van der Waals surface area (Å²) >= 11 is 0. The van der Waals surface area contributed by atoms with Crippen LogP contribution in [-0.2, 0) is 11.2 Å². The molecule has 2 aromatic carbocycles. The number of hydrogen-bond acceptors (Lipinski definition) is 4. The molecular formula is C19H21NO4. The highest BCUT2D eigenvalue weighted by Gasteiger charge is 2.26. The zero-order valence-corrected chi connectivity index (χ0v) is 13.7. The van der Waals surface area contributed by atoms with Gasteiger partial charge in [-0.05, 0) is 42.7 Å². The standard InChI is InChI=1S/C19H21NO4/c1-22-15-10-8-14(9-11-15)5-4-12-20-19(21)18-13-23-16-6-2-3-7-17(16)24-18/h2-3,6-11,18H,4-5,12-13H2,1H3,(H,20,21).